The van der Waals surface area contributed by atoms with Crippen LogP contribution >= 0.6 is 11.6 Å². The van der Waals surface area contributed by atoms with E-state index in [-0.39, 0.29) is 54.1 Å². The van der Waals surface area contributed by atoms with Crippen molar-refractivity contribution in [3.05, 3.63) is 52.8 Å². The highest BCUT2D eigenvalue weighted by Crippen LogP contribution is 2.45. The zero-order valence-corrected chi connectivity index (χ0v) is 20.3. The molecule has 36 heavy (non-hydrogen) atoms. The first-order valence-corrected chi connectivity index (χ1v) is 11.4. The molecule has 0 unspecified atom stereocenters. The molecule has 1 fully saturated rings. The first-order valence-electron chi connectivity index (χ1n) is 11.1. The van der Waals surface area contributed by atoms with Gasteiger partial charge in [-0.3, -0.25) is 10.1 Å². The number of anilines is 2. The number of likely N-dealkylation sites (tertiary alicyclic amines) is 1. The average molecular weight is 516 g/mol. The maximum Gasteiger partial charge on any atom is 0.412 e. The summed E-state index contributed by atoms with van der Waals surface area (Å²) < 4.78 is 32.8. The van der Waals surface area contributed by atoms with Gasteiger partial charge in [0.15, 0.2) is 11.4 Å². The summed E-state index contributed by atoms with van der Waals surface area (Å²) >= 11 is 6.00. The number of amides is 2. The van der Waals surface area contributed by atoms with E-state index in [1.165, 1.54) is 35.9 Å². The molecule has 2 aliphatic rings. The summed E-state index contributed by atoms with van der Waals surface area (Å²) in [4.78, 5) is 26.9. The Morgan fingerprint density at radius 1 is 1.28 bits per heavy atom. The van der Waals surface area contributed by atoms with Crippen molar-refractivity contribution < 1.29 is 28.2 Å². The number of hydrogen-bond acceptors (Lipinski definition) is 7. The molecule has 188 valence electrons. The van der Waals surface area contributed by atoms with Gasteiger partial charge in [0.2, 0.25) is 5.91 Å². The van der Waals surface area contributed by atoms with Crippen LogP contribution < -0.4 is 20.5 Å². The van der Waals surface area contributed by atoms with E-state index in [4.69, 9.17) is 31.5 Å². The Bertz CT molecular complexity index is 1360. The summed E-state index contributed by atoms with van der Waals surface area (Å²) in [6, 6.07) is 9.83. The van der Waals surface area contributed by atoms with Crippen molar-refractivity contribution in [2.75, 3.05) is 38.4 Å². The lowest BCUT2D eigenvalue weighted by atomic mass is 9.89. The fraction of sp³-hybridized carbons (Fsp3) is 0.292. The monoisotopic (exact) mass is 515 g/mol. The van der Waals surface area contributed by atoms with E-state index < -0.39 is 17.5 Å². The number of carbonyl (C=O) groups is 2. The summed E-state index contributed by atoms with van der Waals surface area (Å²) in [5, 5.41) is 6.89. The Kier molecular flexibility index (Phi) is 5.87. The topological polar surface area (TPSA) is 121 Å². The number of nitrogens with zero attached hydrogens (tertiary/aromatic N) is 3. The van der Waals surface area contributed by atoms with Gasteiger partial charge in [0.25, 0.3) is 0 Å². The van der Waals surface area contributed by atoms with Gasteiger partial charge in [-0.25, -0.2) is 13.9 Å². The van der Waals surface area contributed by atoms with Gasteiger partial charge in [0.05, 0.1) is 42.6 Å². The third kappa shape index (κ3) is 3.85. The third-order valence-corrected chi connectivity index (χ3v) is 6.73. The SMILES string of the molecule is COc1cccc(OC)c1-c1cc(N)n(CC(=O)N2CC[C@@]3(C2)OC(=O)Nc2ccc(Cl)c(F)c23)n1. The average Bonchev–Trinajstić information content (AvgIpc) is 3.44. The quantitative estimate of drug-likeness (QED) is 0.532. The number of carbonyl (C=O) groups excluding carboxylic acids is 2. The van der Waals surface area contributed by atoms with Crippen LogP contribution in [0.4, 0.5) is 20.7 Å². The summed E-state index contributed by atoms with van der Waals surface area (Å²) in [6.07, 6.45) is -0.500. The zero-order valence-electron chi connectivity index (χ0n) is 19.5. The third-order valence-electron chi connectivity index (χ3n) is 6.44. The van der Waals surface area contributed by atoms with Crippen LogP contribution in [-0.2, 0) is 21.7 Å². The number of nitrogen functional groups attached to an aromatic ring is 1. The van der Waals surface area contributed by atoms with E-state index in [0.29, 0.717) is 22.8 Å². The van der Waals surface area contributed by atoms with Crippen molar-refractivity contribution in [1.29, 1.82) is 0 Å². The number of aromatic nitrogens is 2. The summed E-state index contributed by atoms with van der Waals surface area (Å²) in [7, 11) is 3.07. The fourth-order valence-corrected chi connectivity index (χ4v) is 4.92. The highest BCUT2D eigenvalue weighted by Gasteiger charge is 2.50. The lowest BCUT2D eigenvalue weighted by molar-refractivity contribution is -0.132. The first kappa shape index (κ1) is 23.7. The molecule has 10 nitrogen and oxygen atoms in total. The van der Waals surface area contributed by atoms with Gasteiger partial charge in [-0.1, -0.05) is 17.7 Å². The van der Waals surface area contributed by atoms with E-state index >= 15 is 4.39 Å². The highest BCUT2D eigenvalue weighted by molar-refractivity contribution is 6.31. The molecule has 1 saturated heterocycles. The molecule has 0 saturated carbocycles. The van der Waals surface area contributed by atoms with Gasteiger partial charge in [0.1, 0.15) is 29.6 Å². The number of benzene rings is 2. The molecule has 12 heteroatoms. The van der Waals surface area contributed by atoms with Crippen molar-refractivity contribution >= 4 is 35.1 Å². The maximum atomic E-state index is 15.0. The van der Waals surface area contributed by atoms with Crippen LogP contribution in [0.3, 0.4) is 0 Å². The number of nitrogens with one attached hydrogen (secondary N) is 1. The molecule has 3 N–H and O–H groups in total. The predicted molar refractivity (Wildman–Crippen MR) is 130 cm³/mol. The predicted octanol–water partition coefficient (Wildman–Crippen LogP) is 3.63. The molecule has 1 atom stereocenters. The van der Waals surface area contributed by atoms with E-state index in [9.17, 15) is 9.59 Å². The number of hydrogen-bond donors (Lipinski definition) is 2. The van der Waals surface area contributed by atoms with Gasteiger partial charge in [-0.05, 0) is 24.3 Å². The number of ether oxygens (including phenoxy) is 3. The van der Waals surface area contributed by atoms with Crippen molar-refractivity contribution in [3.63, 3.8) is 0 Å². The van der Waals surface area contributed by atoms with Crippen molar-refractivity contribution in [1.82, 2.24) is 14.7 Å². The Morgan fingerprint density at radius 3 is 2.69 bits per heavy atom. The normalized spacial score (nSPS) is 18.6. The van der Waals surface area contributed by atoms with Gasteiger partial charge < -0.3 is 24.8 Å². The molecule has 0 bridgehead atoms. The van der Waals surface area contributed by atoms with Crippen LogP contribution in [0.1, 0.15) is 12.0 Å². The summed E-state index contributed by atoms with van der Waals surface area (Å²) in [5.74, 6) is 0.337. The second kappa shape index (κ2) is 8.90. The lowest BCUT2D eigenvalue weighted by Gasteiger charge is -2.35. The molecular formula is C24H23ClFN5O5. The Balaban J connectivity index is 1.40. The lowest BCUT2D eigenvalue weighted by Crippen LogP contribution is -2.44. The van der Waals surface area contributed by atoms with Gasteiger partial charge in [0, 0.05) is 19.0 Å². The molecule has 5 rings (SSSR count). The summed E-state index contributed by atoms with van der Waals surface area (Å²) in [5.41, 5.74) is 6.32. The smallest absolute Gasteiger partial charge is 0.412 e. The second-order valence-electron chi connectivity index (χ2n) is 8.51. The van der Waals surface area contributed by atoms with E-state index in [0.717, 1.165) is 0 Å². The molecule has 2 aromatic carbocycles. The van der Waals surface area contributed by atoms with Crippen LogP contribution in [0.25, 0.3) is 11.3 Å². The van der Waals surface area contributed by atoms with Crippen molar-refractivity contribution in [2.45, 2.75) is 18.6 Å². The number of rotatable bonds is 5. The molecule has 0 aliphatic carbocycles. The van der Waals surface area contributed by atoms with Crippen molar-refractivity contribution in [2.24, 2.45) is 0 Å². The molecule has 1 aromatic heterocycles. The number of halogens is 2. The summed E-state index contributed by atoms with van der Waals surface area (Å²) in [6.45, 7) is 0.0419. The number of fused-ring (bicyclic) bond motifs is 2. The molecular weight excluding hydrogens is 493 g/mol. The van der Waals surface area contributed by atoms with E-state index in [1.54, 1.807) is 24.3 Å². The standard InChI is InChI=1S/C24H23ClFN5O5/c1-34-16-4-3-5-17(35-2)20(16)15-10-18(27)31(29-15)11-19(32)30-9-8-24(12-30)21-14(28-23(33)36-24)7-6-13(25)22(21)26/h3-7,10H,8-9,11-12,27H2,1-2H3,(H,28,33)/t24-/m0/s1. The minimum atomic E-state index is -1.34. The van der Waals surface area contributed by atoms with Gasteiger partial charge in [-0.2, -0.15) is 5.10 Å². The maximum absolute atomic E-state index is 15.0. The molecule has 2 amide bonds. The Hall–Kier alpha value is -3.99. The minimum absolute atomic E-state index is 0.0299. The number of methoxy groups -OCH3 is 2. The van der Waals surface area contributed by atoms with Crippen LogP contribution in [0.2, 0.25) is 5.02 Å². The minimum Gasteiger partial charge on any atom is -0.496 e. The fourth-order valence-electron chi connectivity index (χ4n) is 4.76. The van der Waals surface area contributed by atoms with E-state index in [2.05, 4.69) is 10.4 Å². The zero-order chi connectivity index (χ0) is 25.6. The molecule has 0 radical (unpaired) electrons. The molecule has 3 heterocycles. The van der Waals surface area contributed by atoms with E-state index in [1.807, 2.05) is 0 Å². The van der Waals surface area contributed by atoms with Crippen LogP contribution in [0, 0.1) is 5.82 Å². The second-order valence-corrected chi connectivity index (χ2v) is 8.91. The highest BCUT2D eigenvalue weighted by atomic mass is 35.5. The molecule has 1 spiro atoms. The molecule has 2 aliphatic heterocycles. The molecule has 3 aromatic rings. The Morgan fingerprint density at radius 2 is 2.00 bits per heavy atom. The Labute approximate surface area is 210 Å². The first-order chi connectivity index (χ1) is 17.3. The van der Waals surface area contributed by atoms with Crippen LogP contribution in [0.15, 0.2) is 36.4 Å². The van der Waals surface area contributed by atoms with Crippen LogP contribution in [-0.4, -0.2) is 54.0 Å². The van der Waals surface area contributed by atoms with Crippen LogP contribution in [0.5, 0.6) is 11.5 Å². The van der Waals surface area contributed by atoms with Gasteiger partial charge in [-0.15, -0.1) is 0 Å². The number of nitrogens with two attached hydrogens (primary N) is 1. The van der Waals surface area contributed by atoms with Crippen molar-refractivity contribution in [3.8, 4) is 22.8 Å². The van der Waals surface area contributed by atoms with Gasteiger partial charge >= 0.3 is 6.09 Å². The largest absolute Gasteiger partial charge is 0.496 e.